The van der Waals surface area contributed by atoms with E-state index in [4.69, 9.17) is 16.3 Å². The van der Waals surface area contributed by atoms with Crippen molar-refractivity contribution in [1.82, 2.24) is 15.3 Å². The molecule has 1 N–H and O–H groups in total. The molecule has 0 unspecified atom stereocenters. The summed E-state index contributed by atoms with van der Waals surface area (Å²) in [5.41, 5.74) is 0.708. The topological polar surface area (TPSA) is 47.0 Å². The van der Waals surface area contributed by atoms with Crippen molar-refractivity contribution in [3.05, 3.63) is 23.2 Å². The van der Waals surface area contributed by atoms with E-state index in [1.165, 1.54) is 19.3 Å². The van der Waals surface area contributed by atoms with E-state index in [2.05, 4.69) is 15.3 Å². The molecular weight excluding hydrogens is 226 g/mol. The second-order valence-corrected chi connectivity index (χ2v) is 4.31. The molecule has 1 aromatic heterocycles. The number of nitrogens with zero attached hydrogens (tertiary/aromatic N) is 2. The molecular formula is C11H16ClN3O. The Morgan fingerprint density at radius 1 is 1.38 bits per heavy atom. The van der Waals surface area contributed by atoms with Gasteiger partial charge in [0, 0.05) is 18.4 Å². The van der Waals surface area contributed by atoms with Gasteiger partial charge < -0.3 is 10.1 Å². The fourth-order valence-electron chi connectivity index (χ4n) is 1.81. The summed E-state index contributed by atoms with van der Waals surface area (Å²) in [4.78, 5) is 8.07. The first-order valence-electron chi connectivity index (χ1n) is 5.63. The van der Waals surface area contributed by atoms with Crippen LogP contribution in [-0.4, -0.2) is 29.2 Å². The highest BCUT2D eigenvalue weighted by Crippen LogP contribution is 2.11. The molecule has 0 radical (unpaired) electrons. The van der Waals surface area contributed by atoms with Gasteiger partial charge in [0.1, 0.15) is 5.69 Å². The largest absolute Gasteiger partial charge is 0.373 e. The molecule has 88 valence electrons. The number of aromatic nitrogens is 2. The number of hydrogen-bond acceptors (Lipinski definition) is 4. The maximum absolute atomic E-state index is 5.88. The first-order chi connectivity index (χ1) is 7.86. The summed E-state index contributed by atoms with van der Waals surface area (Å²) in [5.74, 6) is 0. The molecule has 2 rings (SSSR count). The minimum atomic E-state index is 0.430. The van der Waals surface area contributed by atoms with E-state index in [0.717, 1.165) is 6.54 Å². The Kier molecular flexibility index (Phi) is 4.51. The van der Waals surface area contributed by atoms with Crippen LogP contribution in [0.25, 0.3) is 0 Å². The maximum Gasteiger partial charge on any atom is 0.152 e. The Bertz CT molecular complexity index is 329. The van der Waals surface area contributed by atoms with Crippen LogP contribution in [0.3, 0.4) is 0 Å². The minimum absolute atomic E-state index is 0.430. The first kappa shape index (κ1) is 11.8. The van der Waals surface area contributed by atoms with Gasteiger partial charge in [-0.3, -0.25) is 4.98 Å². The molecule has 5 heteroatoms. The number of hydrogen-bond donors (Lipinski definition) is 1. The lowest BCUT2D eigenvalue weighted by Crippen LogP contribution is -2.37. The molecule has 1 fully saturated rings. The van der Waals surface area contributed by atoms with Gasteiger partial charge in [0.2, 0.25) is 0 Å². The highest BCUT2D eigenvalue weighted by Gasteiger charge is 2.12. The highest BCUT2D eigenvalue weighted by molar-refractivity contribution is 6.29. The molecule has 0 bridgehead atoms. The average molecular weight is 242 g/mol. The van der Waals surface area contributed by atoms with E-state index in [-0.39, 0.29) is 0 Å². The molecule has 0 spiro atoms. The summed E-state index contributed by atoms with van der Waals surface area (Å²) in [5, 5.41) is 3.86. The monoisotopic (exact) mass is 241 g/mol. The van der Waals surface area contributed by atoms with Crippen molar-refractivity contribution in [3.8, 4) is 0 Å². The van der Waals surface area contributed by atoms with Crippen molar-refractivity contribution in [2.24, 2.45) is 0 Å². The van der Waals surface area contributed by atoms with E-state index in [1.807, 2.05) is 0 Å². The number of nitrogens with one attached hydrogen (secondary N) is 1. The van der Waals surface area contributed by atoms with Gasteiger partial charge in [-0.25, -0.2) is 4.98 Å². The average Bonchev–Trinajstić information content (AvgIpc) is 2.33. The molecule has 2 heterocycles. The summed E-state index contributed by atoms with van der Waals surface area (Å²) >= 11 is 5.88. The third kappa shape index (κ3) is 3.40. The van der Waals surface area contributed by atoms with Crippen LogP contribution in [-0.2, 0) is 11.3 Å². The Balaban J connectivity index is 1.73. The van der Waals surface area contributed by atoms with Crippen molar-refractivity contribution in [3.63, 3.8) is 0 Å². The van der Waals surface area contributed by atoms with Crippen molar-refractivity contribution in [2.75, 3.05) is 13.2 Å². The zero-order valence-corrected chi connectivity index (χ0v) is 9.91. The Morgan fingerprint density at radius 2 is 2.25 bits per heavy atom. The van der Waals surface area contributed by atoms with Gasteiger partial charge in [-0.05, 0) is 19.4 Å². The Morgan fingerprint density at radius 3 is 3.00 bits per heavy atom. The lowest BCUT2D eigenvalue weighted by Gasteiger charge is -2.23. The molecule has 1 aliphatic rings. The van der Waals surface area contributed by atoms with Gasteiger partial charge in [-0.2, -0.15) is 0 Å². The van der Waals surface area contributed by atoms with Gasteiger partial charge in [0.25, 0.3) is 0 Å². The van der Waals surface area contributed by atoms with E-state index < -0.39 is 0 Å². The SMILES string of the molecule is Clc1nccnc1COC[C@H]1CCCCN1. The molecule has 1 aromatic rings. The van der Waals surface area contributed by atoms with Gasteiger partial charge >= 0.3 is 0 Å². The van der Waals surface area contributed by atoms with E-state index in [1.54, 1.807) is 12.4 Å². The van der Waals surface area contributed by atoms with Crippen LogP contribution < -0.4 is 5.32 Å². The molecule has 0 aliphatic carbocycles. The maximum atomic E-state index is 5.88. The van der Waals surface area contributed by atoms with Gasteiger partial charge in [0.15, 0.2) is 5.15 Å². The normalized spacial score (nSPS) is 20.9. The Hall–Kier alpha value is -0.710. The molecule has 1 atom stereocenters. The zero-order chi connectivity index (χ0) is 11.2. The van der Waals surface area contributed by atoms with Gasteiger partial charge in [-0.15, -0.1) is 0 Å². The second kappa shape index (κ2) is 6.13. The second-order valence-electron chi connectivity index (χ2n) is 3.96. The molecule has 0 amide bonds. The lowest BCUT2D eigenvalue weighted by atomic mass is 10.1. The van der Waals surface area contributed by atoms with Crippen molar-refractivity contribution < 1.29 is 4.74 Å². The highest BCUT2D eigenvalue weighted by atomic mass is 35.5. The predicted molar refractivity (Wildman–Crippen MR) is 62.3 cm³/mol. The minimum Gasteiger partial charge on any atom is -0.373 e. The van der Waals surface area contributed by atoms with Crippen LogP contribution in [0.4, 0.5) is 0 Å². The van der Waals surface area contributed by atoms with Crippen molar-refractivity contribution in [1.29, 1.82) is 0 Å². The van der Waals surface area contributed by atoms with Crippen molar-refractivity contribution in [2.45, 2.75) is 31.9 Å². The van der Waals surface area contributed by atoms with Crippen LogP contribution >= 0.6 is 11.6 Å². The summed E-state index contributed by atoms with van der Waals surface area (Å²) in [6.07, 6.45) is 6.95. The number of rotatable bonds is 4. The summed E-state index contributed by atoms with van der Waals surface area (Å²) in [6, 6.07) is 0.476. The number of ether oxygens (including phenoxy) is 1. The summed E-state index contributed by atoms with van der Waals surface area (Å²) in [7, 11) is 0. The predicted octanol–water partition coefficient (Wildman–Crippen LogP) is 1.79. The van der Waals surface area contributed by atoms with Gasteiger partial charge in [-0.1, -0.05) is 18.0 Å². The third-order valence-corrected chi connectivity index (χ3v) is 3.01. The molecule has 0 saturated carbocycles. The number of piperidine rings is 1. The Labute approximate surface area is 100 Å². The molecule has 1 saturated heterocycles. The van der Waals surface area contributed by atoms with E-state index >= 15 is 0 Å². The van der Waals surface area contributed by atoms with E-state index in [9.17, 15) is 0 Å². The lowest BCUT2D eigenvalue weighted by molar-refractivity contribution is 0.0889. The van der Waals surface area contributed by atoms with Crippen LogP contribution in [0.2, 0.25) is 5.15 Å². The standard InChI is InChI=1S/C11H16ClN3O/c12-11-10(14-5-6-15-11)8-16-7-9-3-1-2-4-13-9/h5-6,9,13H,1-4,7-8H2/t9-/m1/s1. The smallest absolute Gasteiger partial charge is 0.152 e. The van der Waals surface area contributed by atoms with Crippen LogP contribution in [0.15, 0.2) is 12.4 Å². The molecule has 4 nitrogen and oxygen atoms in total. The summed E-state index contributed by atoms with van der Waals surface area (Å²) in [6.45, 7) is 2.25. The third-order valence-electron chi connectivity index (χ3n) is 2.69. The quantitative estimate of drug-likeness (QED) is 0.873. The van der Waals surface area contributed by atoms with Crippen LogP contribution in [0.5, 0.6) is 0 Å². The van der Waals surface area contributed by atoms with Gasteiger partial charge in [0.05, 0.1) is 13.2 Å². The number of halogens is 1. The fourth-order valence-corrected chi connectivity index (χ4v) is 1.97. The first-order valence-corrected chi connectivity index (χ1v) is 6.00. The molecule has 16 heavy (non-hydrogen) atoms. The van der Waals surface area contributed by atoms with Crippen LogP contribution in [0.1, 0.15) is 25.0 Å². The van der Waals surface area contributed by atoms with Crippen LogP contribution in [0, 0.1) is 0 Å². The summed E-state index contributed by atoms with van der Waals surface area (Å²) < 4.78 is 5.59. The molecule has 1 aliphatic heterocycles. The van der Waals surface area contributed by atoms with Crippen molar-refractivity contribution >= 4 is 11.6 Å². The fraction of sp³-hybridized carbons (Fsp3) is 0.636. The molecule has 0 aromatic carbocycles. The zero-order valence-electron chi connectivity index (χ0n) is 9.16. The van der Waals surface area contributed by atoms with E-state index in [0.29, 0.717) is 30.1 Å².